The molecule has 0 saturated carbocycles. The number of carbonyl (C=O) groups excluding carboxylic acids is 1. The maximum Gasteiger partial charge on any atom is 0.164 e. The van der Waals surface area contributed by atoms with Crippen molar-refractivity contribution in [3.8, 4) is 11.3 Å². The van der Waals surface area contributed by atoms with E-state index in [4.69, 9.17) is 4.98 Å². The van der Waals surface area contributed by atoms with Crippen LogP contribution < -0.4 is 0 Å². The Morgan fingerprint density at radius 2 is 1.49 bits per heavy atom. The fraction of sp³-hybridized carbons (Fsp3) is 0.405. The number of hydrogen-bond acceptors (Lipinski definition) is 6. The molecule has 3 aromatic heterocycles. The van der Waals surface area contributed by atoms with Gasteiger partial charge in [-0.1, -0.05) is 104 Å². The first kappa shape index (κ1) is 38.8. The van der Waals surface area contributed by atoms with Crippen LogP contribution in [-0.4, -0.2) is 20.9 Å². The van der Waals surface area contributed by atoms with Crippen molar-refractivity contribution in [1.82, 2.24) is 9.97 Å². The molecule has 1 N–H and O–H groups in total. The number of aliphatic hydroxyl groups excluding tert-OH is 1. The Labute approximate surface area is 313 Å². The summed E-state index contributed by atoms with van der Waals surface area (Å²) in [5.74, 6) is 0.286. The van der Waals surface area contributed by atoms with Gasteiger partial charge in [0.05, 0.1) is 9.40 Å². The van der Waals surface area contributed by atoms with Gasteiger partial charge in [-0.25, -0.2) is 4.98 Å². The van der Waals surface area contributed by atoms with Crippen LogP contribution >= 0.6 is 22.7 Å². The molecule has 0 fully saturated rings. The number of hydrogen-bond donors (Lipinski definition) is 1. The van der Waals surface area contributed by atoms with Gasteiger partial charge in [-0.3, -0.25) is 9.78 Å². The molecule has 0 unspecified atom stereocenters. The molecule has 0 bridgehead atoms. The summed E-state index contributed by atoms with van der Waals surface area (Å²) in [4.78, 5) is 24.0. The van der Waals surface area contributed by atoms with Crippen molar-refractivity contribution < 1.29 is 30.0 Å². The van der Waals surface area contributed by atoms with Crippen molar-refractivity contribution in [3.05, 3.63) is 83.2 Å². The summed E-state index contributed by atoms with van der Waals surface area (Å²) in [7, 11) is 0. The maximum atomic E-state index is 12.2. The zero-order valence-corrected chi connectivity index (χ0v) is 34.5. The molecule has 0 amide bonds. The Bertz CT molecular complexity index is 2140. The number of aryl methyl sites for hydroxylation is 1. The fourth-order valence-corrected chi connectivity index (χ4v) is 8.45. The number of fused-ring (bicyclic) bond motifs is 6. The second-order valence-electron chi connectivity index (χ2n) is 14.5. The Balaban J connectivity index is 0.000000260. The standard InChI is InChI=1S/C27H21N2S2.C15H28O2.Ir/c1-15-11-17-9-10-20-22-23(28-14-29-26(22)31-25(20)24(17)30-15)18-12-16-7-5-6-8-19(16)21(13-18)27(2,3)4;1-7-14(5,8-2)12(16)11-13(17)15(6,9-3)10-4;/h5-11,13-14H,1-4H3;11,16H,7-10H2,1-6H3;/q-1;;/b;12-11-;. The van der Waals surface area contributed by atoms with Gasteiger partial charge in [0.15, 0.2) is 5.78 Å². The summed E-state index contributed by atoms with van der Waals surface area (Å²) in [5, 5.41) is 16.2. The molecule has 261 valence electrons. The van der Waals surface area contributed by atoms with Crippen LogP contribution in [0.25, 0.3) is 52.4 Å². The zero-order chi connectivity index (χ0) is 35.0. The van der Waals surface area contributed by atoms with Crippen molar-refractivity contribution in [1.29, 1.82) is 0 Å². The second-order valence-corrected chi connectivity index (χ2v) is 16.8. The van der Waals surface area contributed by atoms with Crippen LogP contribution in [0.5, 0.6) is 0 Å². The quantitative estimate of drug-likeness (QED) is 0.0940. The van der Waals surface area contributed by atoms with E-state index >= 15 is 0 Å². The van der Waals surface area contributed by atoms with Gasteiger partial charge < -0.3 is 5.11 Å². The number of carbonyl (C=O) groups is 1. The monoisotopic (exact) mass is 870 g/mol. The number of nitrogens with zero attached hydrogens (tertiary/aromatic N) is 2. The van der Waals surface area contributed by atoms with Gasteiger partial charge in [-0.15, -0.1) is 51.8 Å². The minimum Gasteiger partial charge on any atom is -0.512 e. The first-order valence-electron chi connectivity index (χ1n) is 17.2. The van der Waals surface area contributed by atoms with Crippen molar-refractivity contribution in [3.63, 3.8) is 0 Å². The molecule has 0 aliphatic heterocycles. The van der Waals surface area contributed by atoms with E-state index in [0.29, 0.717) is 0 Å². The topological polar surface area (TPSA) is 63.1 Å². The number of thiophene rings is 2. The number of benzene rings is 3. The summed E-state index contributed by atoms with van der Waals surface area (Å²) in [5.41, 5.74) is 2.75. The van der Waals surface area contributed by atoms with E-state index in [1.807, 2.05) is 52.9 Å². The summed E-state index contributed by atoms with van der Waals surface area (Å²) in [6, 6.07) is 21.2. The average Bonchev–Trinajstić information content (AvgIpc) is 3.66. The molecule has 4 nitrogen and oxygen atoms in total. The first-order chi connectivity index (χ1) is 22.7. The number of aliphatic hydroxyl groups is 1. The van der Waals surface area contributed by atoms with E-state index in [0.717, 1.165) is 52.5 Å². The van der Waals surface area contributed by atoms with Crippen molar-refractivity contribution >= 4 is 69.6 Å². The molecular formula is C42H49IrN2O2S2-. The molecule has 0 atom stereocenters. The molecule has 0 aliphatic rings. The van der Waals surface area contributed by atoms with Gasteiger partial charge in [-0.2, -0.15) is 0 Å². The third-order valence-electron chi connectivity index (χ3n) is 10.5. The number of rotatable bonds is 8. The molecule has 6 rings (SSSR count). The molecule has 0 spiro atoms. The number of aromatic nitrogens is 2. The Morgan fingerprint density at radius 1 is 0.837 bits per heavy atom. The Hall–Kier alpha value is -2.96. The molecule has 3 heterocycles. The Morgan fingerprint density at radius 3 is 2.12 bits per heavy atom. The second kappa shape index (κ2) is 15.1. The summed E-state index contributed by atoms with van der Waals surface area (Å²) in [6.45, 7) is 21.1. The number of allylic oxidation sites excluding steroid dienone is 2. The van der Waals surface area contributed by atoms with E-state index in [2.05, 4.69) is 87.3 Å². The summed E-state index contributed by atoms with van der Waals surface area (Å²) < 4.78 is 2.66. The van der Waals surface area contributed by atoms with E-state index < -0.39 is 0 Å². The van der Waals surface area contributed by atoms with Gasteiger partial charge >= 0.3 is 0 Å². The van der Waals surface area contributed by atoms with Gasteiger partial charge in [0.25, 0.3) is 0 Å². The fourth-order valence-electron chi connectivity index (χ4n) is 6.16. The molecule has 1 radical (unpaired) electrons. The van der Waals surface area contributed by atoms with Gasteiger partial charge in [0, 0.05) is 53.0 Å². The minimum atomic E-state index is -0.337. The predicted octanol–water partition coefficient (Wildman–Crippen LogP) is 12.9. The van der Waals surface area contributed by atoms with Crippen LogP contribution in [0.3, 0.4) is 0 Å². The molecule has 7 heteroatoms. The average molecular weight is 870 g/mol. The van der Waals surface area contributed by atoms with Crippen LogP contribution in [0.1, 0.15) is 98.4 Å². The van der Waals surface area contributed by atoms with Crippen molar-refractivity contribution in [2.45, 2.75) is 100 Å². The minimum absolute atomic E-state index is 0. The van der Waals surface area contributed by atoms with E-state index in [-0.39, 0.29) is 47.9 Å². The zero-order valence-electron chi connectivity index (χ0n) is 30.5. The first-order valence-corrected chi connectivity index (χ1v) is 18.8. The summed E-state index contributed by atoms with van der Waals surface area (Å²) >= 11 is 3.63. The van der Waals surface area contributed by atoms with Crippen molar-refractivity contribution in [2.75, 3.05) is 0 Å². The van der Waals surface area contributed by atoms with E-state index in [1.165, 1.54) is 42.1 Å². The summed E-state index contributed by atoms with van der Waals surface area (Å²) in [6.07, 6.45) is 6.45. The van der Waals surface area contributed by atoms with Crippen molar-refractivity contribution in [2.24, 2.45) is 10.8 Å². The van der Waals surface area contributed by atoms with Gasteiger partial charge in [0.2, 0.25) is 0 Å². The Kier molecular flexibility index (Phi) is 12.0. The third-order valence-corrected chi connectivity index (χ3v) is 12.8. The molecule has 49 heavy (non-hydrogen) atoms. The SMILES string of the molecule is CCC(C)(CC)C(=O)/C=C(\O)C(C)(CC)CC.Cc1cc2ccc3c(sc4ncnc(-c5[c-]c6ccccc6c(C(C)(C)C)c5)c43)c2s1.[Ir]. The molecule has 3 aromatic carbocycles. The maximum absolute atomic E-state index is 12.2. The molecule has 0 saturated heterocycles. The van der Waals surface area contributed by atoms with Crippen LogP contribution in [-0.2, 0) is 30.3 Å². The molecule has 6 aromatic rings. The van der Waals surface area contributed by atoms with Crippen LogP contribution in [0.4, 0.5) is 0 Å². The normalized spacial score (nSPS) is 12.7. The third kappa shape index (κ3) is 7.56. The number of ketones is 1. The van der Waals surface area contributed by atoms with Gasteiger partial charge in [-0.05, 0) is 54.9 Å². The van der Waals surface area contributed by atoms with E-state index in [1.54, 1.807) is 17.7 Å². The van der Waals surface area contributed by atoms with E-state index in [9.17, 15) is 9.90 Å². The molecule has 0 aliphatic carbocycles. The largest absolute Gasteiger partial charge is 0.512 e. The smallest absolute Gasteiger partial charge is 0.164 e. The van der Waals surface area contributed by atoms with Crippen LogP contribution in [0.15, 0.2) is 66.7 Å². The van der Waals surface area contributed by atoms with Crippen LogP contribution in [0.2, 0.25) is 0 Å². The molecular weight excluding hydrogens is 821 g/mol. The van der Waals surface area contributed by atoms with Gasteiger partial charge in [0.1, 0.15) is 16.9 Å². The van der Waals surface area contributed by atoms with Crippen LogP contribution in [0, 0.1) is 23.8 Å². The predicted molar refractivity (Wildman–Crippen MR) is 209 cm³/mol.